The molecular formula is C14H23N3O. The molecule has 0 saturated carbocycles. The molecule has 1 heterocycles. The maximum absolute atomic E-state index is 10.1. The van der Waals surface area contributed by atoms with Crippen molar-refractivity contribution in [2.75, 3.05) is 45.5 Å². The number of nitrogens with two attached hydrogens (primary N) is 1. The third kappa shape index (κ3) is 3.70. The number of aliphatic hydroxyl groups excluding tert-OH is 1. The van der Waals surface area contributed by atoms with Gasteiger partial charge in [0.05, 0.1) is 6.10 Å². The van der Waals surface area contributed by atoms with Crippen molar-refractivity contribution >= 4 is 5.69 Å². The Balaban J connectivity index is 1.77. The van der Waals surface area contributed by atoms with E-state index in [1.165, 1.54) is 0 Å². The lowest BCUT2D eigenvalue weighted by Gasteiger charge is -2.32. The fourth-order valence-corrected chi connectivity index (χ4v) is 2.26. The Labute approximate surface area is 109 Å². The molecule has 0 aliphatic carbocycles. The summed E-state index contributed by atoms with van der Waals surface area (Å²) in [7, 11) is 2.15. The van der Waals surface area contributed by atoms with E-state index in [1.807, 2.05) is 24.3 Å². The summed E-state index contributed by atoms with van der Waals surface area (Å²) in [6.07, 6.45) is 0.401. The molecule has 1 atom stereocenters. The topological polar surface area (TPSA) is 52.7 Å². The lowest BCUT2D eigenvalue weighted by atomic mass is 10.1. The smallest absolute Gasteiger partial charge is 0.0802 e. The van der Waals surface area contributed by atoms with Crippen molar-refractivity contribution in [2.24, 2.45) is 0 Å². The van der Waals surface area contributed by atoms with E-state index in [2.05, 4.69) is 16.8 Å². The molecule has 1 saturated heterocycles. The van der Waals surface area contributed by atoms with E-state index in [1.54, 1.807) is 0 Å². The highest BCUT2D eigenvalue weighted by atomic mass is 16.3. The zero-order chi connectivity index (χ0) is 13.0. The van der Waals surface area contributed by atoms with Crippen LogP contribution >= 0.6 is 0 Å². The molecule has 1 aliphatic heterocycles. The van der Waals surface area contributed by atoms with Crippen LogP contribution in [0.2, 0.25) is 0 Å². The van der Waals surface area contributed by atoms with Gasteiger partial charge in [0, 0.05) is 38.4 Å². The summed E-state index contributed by atoms with van der Waals surface area (Å²) in [6, 6.07) is 7.50. The maximum Gasteiger partial charge on any atom is 0.0802 e. The molecule has 0 radical (unpaired) electrons. The monoisotopic (exact) mass is 249 g/mol. The molecule has 4 nitrogen and oxygen atoms in total. The van der Waals surface area contributed by atoms with Gasteiger partial charge >= 0.3 is 0 Å². The third-order valence-electron chi connectivity index (χ3n) is 3.64. The van der Waals surface area contributed by atoms with Gasteiger partial charge in [-0.15, -0.1) is 0 Å². The minimum absolute atomic E-state index is 0.384. The molecule has 0 unspecified atom stereocenters. The van der Waals surface area contributed by atoms with Crippen LogP contribution in [0.3, 0.4) is 0 Å². The summed E-state index contributed by atoms with van der Waals surface area (Å²) >= 11 is 0. The zero-order valence-electron chi connectivity index (χ0n) is 11.0. The van der Waals surface area contributed by atoms with Crippen LogP contribution in [0, 0.1) is 0 Å². The number of likely N-dealkylation sites (N-methyl/N-ethyl adjacent to an activating group) is 1. The third-order valence-corrected chi connectivity index (χ3v) is 3.64. The van der Waals surface area contributed by atoms with Crippen LogP contribution in [0.25, 0.3) is 0 Å². The van der Waals surface area contributed by atoms with E-state index in [0.29, 0.717) is 0 Å². The average molecular weight is 249 g/mol. The molecule has 1 aliphatic rings. The summed E-state index contributed by atoms with van der Waals surface area (Å²) in [4.78, 5) is 4.76. The number of aliphatic hydroxyl groups is 1. The Morgan fingerprint density at radius 1 is 1.17 bits per heavy atom. The summed E-state index contributed by atoms with van der Waals surface area (Å²) in [5.74, 6) is 0. The van der Waals surface area contributed by atoms with Gasteiger partial charge in [-0.2, -0.15) is 0 Å². The summed E-state index contributed by atoms with van der Waals surface area (Å²) < 4.78 is 0. The first-order valence-electron chi connectivity index (χ1n) is 6.59. The van der Waals surface area contributed by atoms with Crippen molar-refractivity contribution in [1.29, 1.82) is 0 Å². The van der Waals surface area contributed by atoms with Gasteiger partial charge < -0.3 is 20.6 Å². The lowest BCUT2D eigenvalue weighted by Crippen LogP contribution is -2.44. The van der Waals surface area contributed by atoms with Crippen LogP contribution in [-0.2, 0) is 0 Å². The Kier molecular flexibility index (Phi) is 4.58. The molecule has 2 rings (SSSR count). The van der Waals surface area contributed by atoms with Gasteiger partial charge in [0.15, 0.2) is 0 Å². The minimum Gasteiger partial charge on any atom is -0.399 e. The fourth-order valence-electron chi connectivity index (χ4n) is 2.26. The molecule has 1 fully saturated rings. The van der Waals surface area contributed by atoms with Crippen molar-refractivity contribution in [2.45, 2.75) is 12.5 Å². The summed E-state index contributed by atoms with van der Waals surface area (Å²) in [6.45, 7) is 5.41. The Morgan fingerprint density at radius 2 is 1.78 bits per heavy atom. The van der Waals surface area contributed by atoms with Crippen molar-refractivity contribution in [3.8, 4) is 0 Å². The number of piperazine rings is 1. The van der Waals surface area contributed by atoms with Crippen LogP contribution in [0.4, 0.5) is 5.69 Å². The van der Waals surface area contributed by atoms with Crippen LogP contribution in [0.5, 0.6) is 0 Å². The molecule has 3 N–H and O–H groups in total. The highest BCUT2D eigenvalue weighted by Crippen LogP contribution is 2.18. The number of benzene rings is 1. The number of hydrogen-bond donors (Lipinski definition) is 2. The quantitative estimate of drug-likeness (QED) is 0.780. The number of rotatable bonds is 4. The molecular weight excluding hydrogens is 226 g/mol. The molecule has 100 valence electrons. The van der Waals surface area contributed by atoms with E-state index < -0.39 is 0 Å². The fraction of sp³-hybridized carbons (Fsp3) is 0.571. The first kappa shape index (κ1) is 13.3. The zero-order valence-corrected chi connectivity index (χ0v) is 11.0. The molecule has 1 aromatic carbocycles. The first-order valence-corrected chi connectivity index (χ1v) is 6.59. The molecule has 18 heavy (non-hydrogen) atoms. The van der Waals surface area contributed by atoms with Gasteiger partial charge in [0.1, 0.15) is 0 Å². The largest absolute Gasteiger partial charge is 0.399 e. The van der Waals surface area contributed by atoms with Crippen LogP contribution < -0.4 is 5.73 Å². The van der Waals surface area contributed by atoms with Crippen molar-refractivity contribution < 1.29 is 5.11 Å². The second-order valence-electron chi connectivity index (χ2n) is 5.12. The molecule has 4 heteroatoms. The highest BCUT2D eigenvalue weighted by Gasteiger charge is 2.15. The number of hydrogen-bond acceptors (Lipinski definition) is 4. The molecule has 0 bridgehead atoms. The summed E-state index contributed by atoms with van der Waals surface area (Å²) in [5.41, 5.74) is 7.33. The second-order valence-corrected chi connectivity index (χ2v) is 5.12. The maximum atomic E-state index is 10.1. The van der Waals surface area contributed by atoms with Crippen LogP contribution in [0.15, 0.2) is 24.3 Å². The molecule has 1 aromatic rings. The standard InChI is InChI=1S/C14H23N3O/c1-16-8-10-17(11-9-16)7-6-14(18)12-2-4-13(15)5-3-12/h2-5,14,18H,6-11,15H2,1H3/t14-/m1/s1. The van der Waals surface area contributed by atoms with E-state index in [0.717, 1.165) is 50.4 Å². The summed E-state index contributed by atoms with van der Waals surface area (Å²) in [5, 5.41) is 10.1. The molecule has 0 amide bonds. The minimum atomic E-state index is -0.384. The SMILES string of the molecule is CN1CCN(CC[C@@H](O)c2ccc(N)cc2)CC1. The van der Waals surface area contributed by atoms with E-state index in [-0.39, 0.29) is 6.10 Å². The first-order chi connectivity index (χ1) is 8.65. The number of nitrogen functional groups attached to an aromatic ring is 1. The predicted octanol–water partition coefficient (Wildman–Crippen LogP) is 0.940. The number of anilines is 1. The highest BCUT2D eigenvalue weighted by molar-refractivity contribution is 5.39. The predicted molar refractivity (Wildman–Crippen MR) is 74.4 cm³/mol. The van der Waals surface area contributed by atoms with Gasteiger partial charge in [0.25, 0.3) is 0 Å². The van der Waals surface area contributed by atoms with E-state index >= 15 is 0 Å². The normalized spacial score (nSPS) is 19.9. The lowest BCUT2D eigenvalue weighted by molar-refractivity contribution is 0.113. The van der Waals surface area contributed by atoms with Gasteiger partial charge in [-0.3, -0.25) is 0 Å². The second kappa shape index (κ2) is 6.18. The van der Waals surface area contributed by atoms with E-state index in [9.17, 15) is 5.11 Å². The molecule has 0 spiro atoms. The Bertz CT molecular complexity index is 358. The van der Waals surface area contributed by atoms with Gasteiger partial charge in [-0.1, -0.05) is 12.1 Å². The Hall–Kier alpha value is -1.10. The Morgan fingerprint density at radius 3 is 2.39 bits per heavy atom. The van der Waals surface area contributed by atoms with Gasteiger partial charge in [-0.25, -0.2) is 0 Å². The molecule has 0 aromatic heterocycles. The van der Waals surface area contributed by atoms with Crippen molar-refractivity contribution in [1.82, 2.24) is 9.80 Å². The van der Waals surface area contributed by atoms with E-state index in [4.69, 9.17) is 5.73 Å². The van der Waals surface area contributed by atoms with Gasteiger partial charge in [0.2, 0.25) is 0 Å². The van der Waals surface area contributed by atoms with Crippen molar-refractivity contribution in [3.63, 3.8) is 0 Å². The average Bonchev–Trinajstić information content (AvgIpc) is 2.38. The van der Waals surface area contributed by atoms with Crippen LogP contribution in [-0.4, -0.2) is 54.7 Å². The van der Waals surface area contributed by atoms with Crippen molar-refractivity contribution in [3.05, 3.63) is 29.8 Å². The van der Waals surface area contributed by atoms with Crippen LogP contribution in [0.1, 0.15) is 18.1 Å². The van der Waals surface area contributed by atoms with Gasteiger partial charge in [-0.05, 0) is 31.2 Å². The number of nitrogens with zero attached hydrogens (tertiary/aromatic N) is 2.